The molecule has 0 aliphatic heterocycles. The first-order valence-electron chi connectivity index (χ1n) is 6.65. The lowest BCUT2D eigenvalue weighted by atomic mass is 9.95. The summed E-state index contributed by atoms with van der Waals surface area (Å²) in [6, 6.07) is 2.94. The van der Waals surface area contributed by atoms with E-state index >= 15 is 0 Å². The molecule has 0 spiro atoms. The van der Waals surface area contributed by atoms with E-state index in [-0.39, 0.29) is 11.6 Å². The molecule has 1 atom stereocenters. The zero-order valence-corrected chi connectivity index (χ0v) is 12.0. The van der Waals surface area contributed by atoms with Crippen LogP contribution in [-0.4, -0.2) is 21.0 Å². The molecule has 1 aromatic carbocycles. The second kappa shape index (κ2) is 6.46. The van der Waals surface area contributed by atoms with Crippen LogP contribution in [0.15, 0.2) is 30.6 Å². The zero-order chi connectivity index (χ0) is 16.3. The predicted molar refractivity (Wildman–Crippen MR) is 76.6 cm³/mol. The van der Waals surface area contributed by atoms with Gasteiger partial charge in [-0.1, -0.05) is 19.9 Å². The van der Waals surface area contributed by atoms with Crippen LogP contribution in [0.2, 0.25) is 0 Å². The SMILES string of the molecule is CC(C)C(Nc1cnc(C(=O)O)cn1)c1ccc(F)cc1F. The van der Waals surface area contributed by atoms with Crippen LogP contribution >= 0.6 is 0 Å². The highest BCUT2D eigenvalue weighted by Crippen LogP contribution is 2.28. The molecule has 5 nitrogen and oxygen atoms in total. The summed E-state index contributed by atoms with van der Waals surface area (Å²) in [5, 5.41) is 11.8. The van der Waals surface area contributed by atoms with E-state index in [1.807, 2.05) is 13.8 Å². The number of nitrogens with one attached hydrogen (secondary N) is 1. The maximum Gasteiger partial charge on any atom is 0.356 e. The number of carboxylic acids is 1. The smallest absolute Gasteiger partial charge is 0.356 e. The van der Waals surface area contributed by atoms with Crippen LogP contribution in [0.1, 0.15) is 35.9 Å². The lowest BCUT2D eigenvalue weighted by Gasteiger charge is -2.23. The number of halogens is 2. The molecule has 1 aromatic heterocycles. The summed E-state index contributed by atoms with van der Waals surface area (Å²) in [5.74, 6) is -2.17. The standard InChI is InChI=1S/C15H15F2N3O2/c1-8(2)14(10-4-3-9(16)5-11(10)17)20-13-7-18-12(6-19-13)15(21)22/h3-8,14H,1-2H3,(H,19,20)(H,21,22). The molecular formula is C15H15F2N3O2. The third kappa shape index (κ3) is 3.55. The molecule has 1 heterocycles. The molecule has 0 fully saturated rings. The molecule has 0 aliphatic rings. The number of carboxylic acid groups (broad SMARTS) is 1. The second-order valence-corrected chi connectivity index (χ2v) is 5.12. The molecular weight excluding hydrogens is 292 g/mol. The van der Waals surface area contributed by atoms with Gasteiger partial charge in [-0.3, -0.25) is 0 Å². The Balaban J connectivity index is 2.27. The second-order valence-electron chi connectivity index (χ2n) is 5.12. The lowest BCUT2D eigenvalue weighted by molar-refractivity contribution is 0.0690. The quantitative estimate of drug-likeness (QED) is 0.886. The van der Waals surface area contributed by atoms with Crippen molar-refractivity contribution in [3.63, 3.8) is 0 Å². The van der Waals surface area contributed by atoms with Crippen LogP contribution < -0.4 is 5.32 Å². The molecule has 0 aliphatic carbocycles. The van der Waals surface area contributed by atoms with Gasteiger partial charge in [0.25, 0.3) is 0 Å². The molecule has 0 amide bonds. The Morgan fingerprint density at radius 1 is 1.23 bits per heavy atom. The summed E-state index contributed by atoms with van der Waals surface area (Å²) in [6.07, 6.45) is 2.38. The monoisotopic (exact) mass is 307 g/mol. The van der Waals surface area contributed by atoms with Crippen molar-refractivity contribution >= 4 is 11.8 Å². The van der Waals surface area contributed by atoms with Gasteiger partial charge >= 0.3 is 5.97 Å². The Bertz CT molecular complexity index is 675. The highest BCUT2D eigenvalue weighted by molar-refractivity contribution is 5.84. The number of benzene rings is 1. The van der Waals surface area contributed by atoms with Crippen molar-refractivity contribution in [1.82, 2.24) is 9.97 Å². The van der Waals surface area contributed by atoms with Gasteiger partial charge < -0.3 is 10.4 Å². The van der Waals surface area contributed by atoms with Gasteiger partial charge in [-0.15, -0.1) is 0 Å². The fourth-order valence-electron chi connectivity index (χ4n) is 2.03. The van der Waals surface area contributed by atoms with E-state index < -0.39 is 23.6 Å². The summed E-state index contributed by atoms with van der Waals surface area (Å²) < 4.78 is 27.0. The van der Waals surface area contributed by atoms with Gasteiger partial charge in [-0.2, -0.15) is 0 Å². The molecule has 2 rings (SSSR count). The topological polar surface area (TPSA) is 75.1 Å². The van der Waals surface area contributed by atoms with Gasteiger partial charge in [0, 0.05) is 11.6 Å². The summed E-state index contributed by atoms with van der Waals surface area (Å²) in [6.45, 7) is 3.75. The van der Waals surface area contributed by atoms with Crippen molar-refractivity contribution in [2.24, 2.45) is 5.92 Å². The highest BCUT2D eigenvalue weighted by Gasteiger charge is 2.20. The number of hydrogen-bond donors (Lipinski definition) is 2. The van der Waals surface area contributed by atoms with E-state index in [1.165, 1.54) is 18.3 Å². The Labute approximate surface area is 126 Å². The highest BCUT2D eigenvalue weighted by atomic mass is 19.1. The number of aromatic nitrogens is 2. The molecule has 7 heteroatoms. The fourth-order valence-corrected chi connectivity index (χ4v) is 2.03. The average Bonchev–Trinajstić information content (AvgIpc) is 2.45. The summed E-state index contributed by atoms with van der Waals surface area (Å²) in [4.78, 5) is 18.4. The first-order valence-corrected chi connectivity index (χ1v) is 6.65. The molecule has 2 N–H and O–H groups in total. The number of nitrogens with zero attached hydrogens (tertiary/aromatic N) is 2. The third-order valence-corrected chi connectivity index (χ3v) is 3.14. The van der Waals surface area contributed by atoms with Crippen LogP contribution in [0.25, 0.3) is 0 Å². The van der Waals surface area contributed by atoms with Gasteiger partial charge in [-0.25, -0.2) is 23.5 Å². The number of carbonyl (C=O) groups is 1. The van der Waals surface area contributed by atoms with Gasteiger partial charge in [0.1, 0.15) is 17.5 Å². The Morgan fingerprint density at radius 3 is 2.45 bits per heavy atom. The molecule has 0 saturated carbocycles. The van der Waals surface area contributed by atoms with Crippen LogP contribution in [-0.2, 0) is 0 Å². The molecule has 0 bridgehead atoms. The van der Waals surface area contributed by atoms with Crippen LogP contribution in [0.4, 0.5) is 14.6 Å². The number of anilines is 1. The first-order chi connectivity index (χ1) is 10.4. The Kier molecular flexibility index (Phi) is 4.65. The predicted octanol–water partition coefficient (Wildman–Crippen LogP) is 3.26. The van der Waals surface area contributed by atoms with Gasteiger partial charge in [0.05, 0.1) is 18.4 Å². The largest absolute Gasteiger partial charge is 0.476 e. The average molecular weight is 307 g/mol. The fraction of sp³-hybridized carbons (Fsp3) is 0.267. The van der Waals surface area contributed by atoms with Crippen molar-refractivity contribution in [2.75, 3.05) is 5.32 Å². The van der Waals surface area contributed by atoms with Crippen molar-refractivity contribution in [2.45, 2.75) is 19.9 Å². The van der Waals surface area contributed by atoms with Crippen LogP contribution in [0.5, 0.6) is 0 Å². The maximum absolute atomic E-state index is 13.9. The maximum atomic E-state index is 13.9. The van der Waals surface area contributed by atoms with E-state index in [1.54, 1.807) is 0 Å². The van der Waals surface area contributed by atoms with Gasteiger partial charge in [0.2, 0.25) is 0 Å². The number of aromatic carboxylic acids is 1. The van der Waals surface area contributed by atoms with Crippen LogP contribution in [0, 0.1) is 17.6 Å². The van der Waals surface area contributed by atoms with Crippen molar-refractivity contribution < 1.29 is 18.7 Å². The van der Waals surface area contributed by atoms with Crippen LogP contribution in [0.3, 0.4) is 0 Å². The van der Waals surface area contributed by atoms with Gasteiger partial charge in [0.15, 0.2) is 5.69 Å². The van der Waals surface area contributed by atoms with E-state index in [4.69, 9.17) is 5.11 Å². The zero-order valence-electron chi connectivity index (χ0n) is 12.0. The Hall–Kier alpha value is -2.57. The first kappa shape index (κ1) is 15.8. The van der Waals surface area contributed by atoms with E-state index in [2.05, 4.69) is 15.3 Å². The Morgan fingerprint density at radius 2 is 1.95 bits per heavy atom. The summed E-state index contributed by atoms with van der Waals surface area (Å²) >= 11 is 0. The molecule has 22 heavy (non-hydrogen) atoms. The van der Waals surface area contributed by atoms with E-state index in [9.17, 15) is 13.6 Å². The summed E-state index contributed by atoms with van der Waals surface area (Å²) in [5.41, 5.74) is 0.125. The minimum absolute atomic E-state index is 0.0130. The van der Waals surface area contributed by atoms with Crippen molar-refractivity contribution in [3.8, 4) is 0 Å². The van der Waals surface area contributed by atoms with E-state index in [0.717, 1.165) is 12.3 Å². The molecule has 0 saturated heterocycles. The minimum Gasteiger partial charge on any atom is -0.476 e. The number of rotatable bonds is 5. The minimum atomic E-state index is -1.18. The molecule has 2 aromatic rings. The van der Waals surface area contributed by atoms with Crippen molar-refractivity contribution in [3.05, 3.63) is 53.5 Å². The molecule has 116 valence electrons. The third-order valence-electron chi connectivity index (χ3n) is 3.14. The van der Waals surface area contributed by atoms with E-state index in [0.29, 0.717) is 11.4 Å². The van der Waals surface area contributed by atoms with Crippen molar-refractivity contribution in [1.29, 1.82) is 0 Å². The normalized spacial score (nSPS) is 12.2. The summed E-state index contributed by atoms with van der Waals surface area (Å²) in [7, 11) is 0. The van der Waals surface area contributed by atoms with Gasteiger partial charge in [-0.05, 0) is 12.0 Å². The number of hydrogen-bond acceptors (Lipinski definition) is 4. The molecule has 1 unspecified atom stereocenters. The lowest BCUT2D eigenvalue weighted by Crippen LogP contribution is -2.19. The molecule has 0 radical (unpaired) electrons.